The highest BCUT2D eigenvalue weighted by molar-refractivity contribution is 5.66. The van der Waals surface area contributed by atoms with Gasteiger partial charge in [-0.1, -0.05) is 113 Å². The molecule has 378 valence electrons. The Morgan fingerprint density at radius 3 is 0.861 bits per heavy atom. The van der Waals surface area contributed by atoms with E-state index in [2.05, 4.69) is 20.8 Å². The number of benzene rings is 6. The Bertz CT molecular complexity index is 2810. The summed E-state index contributed by atoms with van der Waals surface area (Å²) < 4.78 is 119. The molecule has 6 aliphatic carbocycles. The van der Waals surface area contributed by atoms with E-state index in [-0.39, 0.29) is 0 Å². The van der Waals surface area contributed by atoms with Crippen LogP contribution in [-0.2, 0) is 0 Å². The maximum absolute atomic E-state index is 13.4. The minimum atomic E-state index is -1.42. The Kier molecular flexibility index (Phi) is 13.8. The molecular formula is C63H63F9. The van der Waals surface area contributed by atoms with Gasteiger partial charge in [0.1, 0.15) is 0 Å². The molecule has 6 fully saturated rings. The second kappa shape index (κ2) is 19.8. The third-order valence-corrected chi connectivity index (χ3v) is 17.9. The average Bonchev–Trinajstić information content (AvgIpc) is 3.30. The minimum absolute atomic E-state index is 0.367. The van der Waals surface area contributed by atoms with Crippen molar-refractivity contribution in [1.82, 2.24) is 0 Å². The van der Waals surface area contributed by atoms with E-state index < -0.39 is 52.4 Å². The van der Waals surface area contributed by atoms with Gasteiger partial charge in [-0.2, -0.15) is 0 Å². The molecule has 0 unspecified atom stereocenters. The summed E-state index contributed by atoms with van der Waals surface area (Å²) in [5, 5.41) is 0. The third kappa shape index (κ3) is 10.0. The fraction of sp³-hybridized carbons (Fsp3) is 0.429. The molecule has 12 rings (SSSR count). The maximum atomic E-state index is 13.4. The van der Waals surface area contributed by atoms with Crippen LogP contribution in [0.15, 0.2) is 109 Å². The molecule has 0 heterocycles. The molecule has 6 aromatic carbocycles. The number of halogens is 9. The fourth-order valence-corrected chi connectivity index (χ4v) is 14.3. The predicted molar refractivity (Wildman–Crippen MR) is 268 cm³/mol. The first-order chi connectivity index (χ1) is 34.4. The van der Waals surface area contributed by atoms with Gasteiger partial charge in [-0.25, -0.2) is 39.5 Å². The van der Waals surface area contributed by atoms with E-state index in [1.807, 2.05) is 72.8 Å². The lowest BCUT2D eigenvalue weighted by atomic mass is 9.47. The number of rotatable bonds is 9. The first-order valence-corrected chi connectivity index (χ1v) is 26.2. The summed E-state index contributed by atoms with van der Waals surface area (Å²) in [7, 11) is 0. The standard InChI is InChI=1S/C22H23F3.C21H21F3.C20H19F3/c1-2-3-14-10-22(11-14)12-18(13-22)16-6-4-15(5-7-16)17-8-19(23)21(25)20(24)9-17;1-2-13-9-21(10-13)11-17(12-21)15-5-3-14(4-6-15)16-7-18(22)20(24)19(23)8-16;1-12-8-20(9-12)10-16(11-20)14-4-2-13(3-5-14)15-6-17(21)19(23)18(22)7-15/h4-9,14,18H,2-3,10-13H2,1H3;3-8,13,17H,2,9-12H2,1H3;2-7,12,16H,8-11H2,1H3. The Morgan fingerprint density at radius 1 is 0.347 bits per heavy atom. The van der Waals surface area contributed by atoms with Crippen LogP contribution in [0.4, 0.5) is 39.5 Å². The van der Waals surface area contributed by atoms with Gasteiger partial charge in [0.05, 0.1) is 0 Å². The second-order valence-corrected chi connectivity index (χ2v) is 23.2. The van der Waals surface area contributed by atoms with Crippen molar-refractivity contribution < 1.29 is 39.5 Å². The highest BCUT2D eigenvalue weighted by Crippen LogP contribution is 2.66. The van der Waals surface area contributed by atoms with Crippen LogP contribution in [0.2, 0.25) is 0 Å². The van der Waals surface area contributed by atoms with Crippen molar-refractivity contribution in [3.8, 4) is 33.4 Å². The lowest BCUT2D eigenvalue weighted by Gasteiger charge is -2.58. The first kappa shape index (κ1) is 50.2. The zero-order chi connectivity index (χ0) is 50.7. The normalized spacial score (nSPS) is 28.5. The van der Waals surface area contributed by atoms with E-state index in [1.54, 1.807) is 0 Å². The topological polar surface area (TPSA) is 0 Å². The van der Waals surface area contributed by atoms with Crippen LogP contribution in [0, 0.1) is 86.4 Å². The monoisotopic (exact) mass is 990 g/mol. The molecule has 0 bridgehead atoms. The molecule has 0 N–H and O–H groups in total. The summed E-state index contributed by atoms with van der Waals surface area (Å²) in [5.41, 5.74) is 8.94. The minimum Gasteiger partial charge on any atom is -0.204 e. The van der Waals surface area contributed by atoms with Crippen LogP contribution in [0.3, 0.4) is 0 Å². The van der Waals surface area contributed by atoms with Gasteiger partial charge >= 0.3 is 0 Å². The summed E-state index contributed by atoms with van der Waals surface area (Å²) in [6, 6.07) is 29.8. The number of hydrogen-bond donors (Lipinski definition) is 0. The molecule has 0 nitrogen and oxygen atoms in total. The van der Waals surface area contributed by atoms with E-state index >= 15 is 0 Å². The lowest BCUT2D eigenvalue weighted by Crippen LogP contribution is -2.46. The molecular weight excluding hydrogens is 928 g/mol. The Balaban J connectivity index is 0.000000124. The highest BCUT2D eigenvalue weighted by atomic mass is 19.2. The van der Waals surface area contributed by atoms with E-state index in [1.165, 1.54) is 113 Å². The third-order valence-electron chi connectivity index (χ3n) is 17.9. The van der Waals surface area contributed by atoms with E-state index in [0.29, 0.717) is 67.4 Å². The van der Waals surface area contributed by atoms with Gasteiger partial charge in [0.25, 0.3) is 0 Å². The molecule has 72 heavy (non-hydrogen) atoms. The zero-order valence-electron chi connectivity index (χ0n) is 41.4. The van der Waals surface area contributed by atoms with E-state index in [4.69, 9.17) is 0 Å². The van der Waals surface area contributed by atoms with Crippen LogP contribution in [0.5, 0.6) is 0 Å². The fourth-order valence-electron chi connectivity index (χ4n) is 14.3. The van der Waals surface area contributed by atoms with Crippen molar-refractivity contribution in [1.29, 1.82) is 0 Å². The van der Waals surface area contributed by atoms with E-state index in [9.17, 15) is 39.5 Å². The van der Waals surface area contributed by atoms with Gasteiger partial charge in [-0.3, -0.25) is 0 Å². The molecule has 3 spiro atoms. The van der Waals surface area contributed by atoms with Gasteiger partial charge < -0.3 is 0 Å². The molecule has 9 heteroatoms. The van der Waals surface area contributed by atoms with Crippen molar-refractivity contribution in [3.05, 3.63) is 178 Å². The molecule has 0 amide bonds. The van der Waals surface area contributed by atoms with Gasteiger partial charge in [0.2, 0.25) is 0 Å². The molecule has 6 aliphatic rings. The lowest BCUT2D eigenvalue weighted by molar-refractivity contribution is -0.0446. The van der Waals surface area contributed by atoms with Crippen molar-refractivity contribution in [2.45, 2.75) is 135 Å². The summed E-state index contributed by atoms with van der Waals surface area (Å²) in [6.45, 7) is 6.84. The molecule has 6 aromatic rings. The van der Waals surface area contributed by atoms with Crippen LogP contribution >= 0.6 is 0 Å². The predicted octanol–water partition coefficient (Wildman–Crippen LogP) is 19.4. The molecule has 6 saturated carbocycles. The maximum Gasteiger partial charge on any atom is 0.194 e. The van der Waals surface area contributed by atoms with Gasteiger partial charge in [-0.05, 0) is 215 Å². The van der Waals surface area contributed by atoms with Crippen LogP contribution in [0.25, 0.3) is 33.4 Å². The smallest absolute Gasteiger partial charge is 0.194 e. The van der Waals surface area contributed by atoms with Crippen molar-refractivity contribution >= 4 is 0 Å². The summed E-state index contributed by atoms with van der Waals surface area (Å²) in [4.78, 5) is 0. The molecule has 0 saturated heterocycles. The van der Waals surface area contributed by atoms with E-state index in [0.717, 1.165) is 54.2 Å². The molecule has 0 atom stereocenters. The summed E-state index contributed by atoms with van der Waals surface area (Å²) >= 11 is 0. The van der Waals surface area contributed by atoms with Crippen molar-refractivity contribution in [2.75, 3.05) is 0 Å². The first-order valence-electron chi connectivity index (χ1n) is 26.2. The SMILES string of the molecule is CC1CC2(C1)CC(c1ccc(-c3cc(F)c(F)c(F)c3)cc1)C2.CCC1CC2(C1)CC(c1ccc(-c3cc(F)c(F)c(F)c3)cc1)C2.CCCC1CC2(C1)CC(c1ccc(-c3cc(F)c(F)c(F)c3)cc1)C2. The number of hydrogen-bond acceptors (Lipinski definition) is 0. The molecule has 0 aromatic heterocycles. The highest BCUT2D eigenvalue weighted by Gasteiger charge is 2.54. The largest absolute Gasteiger partial charge is 0.204 e. The van der Waals surface area contributed by atoms with Crippen LogP contribution in [0.1, 0.15) is 152 Å². The Morgan fingerprint density at radius 2 is 0.611 bits per heavy atom. The van der Waals surface area contributed by atoms with Crippen LogP contribution in [-0.4, -0.2) is 0 Å². The quantitative estimate of drug-likeness (QED) is 0.100. The second-order valence-electron chi connectivity index (χ2n) is 23.2. The zero-order valence-corrected chi connectivity index (χ0v) is 41.4. The molecule has 0 radical (unpaired) electrons. The Hall–Kier alpha value is -5.31. The molecule has 0 aliphatic heterocycles. The van der Waals surface area contributed by atoms with Crippen LogP contribution < -0.4 is 0 Å². The summed E-state index contributed by atoms with van der Waals surface area (Å²) in [6.07, 6.45) is 19.8. The van der Waals surface area contributed by atoms with Gasteiger partial charge in [-0.15, -0.1) is 0 Å². The average molecular weight is 991 g/mol. The van der Waals surface area contributed by atoms with Gasteiger partial charge in [0.15, 0.2) is 52.4 Å². The van der Waals surface area contributed by atoms with Crippen molar-refractivity contribution in [2.24, 2.45) is 34.0 Å². The van der Waals surface area contributed by atoms with Gasteiger partial charge in [0, 0.05) is 0 Å². The van der Waals surface area contributed by atoms with Crippen molar-refractivity contribution in [3.63, 3.8) is 0 Å². The Labute approximate surface area is 418 Å². The summed E-state index contributed by atoms with van der Waals surface area (Å²) in [5.74, 6) is -6.56.